The number of halogens is 4. The van der Waals surface area contributed by atoms with Crippen molar-refractivity contribution in [1.82, 2.24) is 24.6 Å². The highest BCUT2D eigenvalue weighted by Gasteiger charge is 2.32. The van der Waals surface area contributed by atoms with E-state index in [0.717, 1.165) is 4.90 Å². The van der Waals surface area contributed by atoms with Gasteiger partial charge in [0.2, 0.25) is 0 Å². The lowest BCUT2D eigenvalue weighted by molar-refractivity contribution is -0.162. The van der Waals surface area contributed by atoms with Crippen molar-refractivity contribution < 1.29 is 31.9 Å². The Hall–Kier alpha value is -4.03. The Kier molecular flexibility index (Phi) is 6.91. The molecule has 1 aliphatic heterocycles. The number of fused-ring (bicyclic) bond motifs is 1. The highest BCUT2D eigenvalue weighted by Crippen LogP contribution is 2.25. The van der Waals surface area contributed by atoms with Crippen molar-refractivity contribution in [2.24, 2.45) is 0 Å². The van der Waals surface area contributed by atoms with Gasteiger partial charge in [0.05, 0.1) is 5.56 Å². The molecule has 1 N–H and O–H groups in total. The first kappa shape index (κ1) is 25.1. The van der Waals surface area contributed by atoms with Gasteiger partial charge >= 0.3 is 12.3 Å². The lowest BCUT2D eigenvalue weighted by atomic mass is 9.97. The Bertz CT molecular complexity index is 1290. The third-order valence-electron chi connectivity index (χ3n) is 5.51. The summed E-state index contributed by atoms with van der Waals surface area (Å²) in [5.41, 5.74) is 1.15. The fourth-order valence-electron chi connectivity index (χ4n) is 3.76. The van der Waals surface area contributed by atoms with Crippen LogP contribution in [0.4, 0.5) is 28.2 Å². The van der Waals surface area contributed by atoms with Crippen LogP contribution in [0.25, 0.3) is 11.5 Å². The standard InChI is InChI=1S/C23H22F4N6O3/c1-13(2)33-12-28-31-20(33)18-4-3-5-19(29-18)30-21(34)16-8-15-10-32(7-6-14(15)9-17(16)24)22(35)36-11-23(25,26)27/h3-5,8-9,12-13H,6-7,10-11H2,1-2H3,(H,29,30,34). The van der Waals surface area contributed by atoms with Gasteiger partial charge in [0.15, 0.2) is 12.4 Å². The first-order chi connectivity index (χ1) is 17.0. The molecule has 1 aromatic carbocycles. The molecule has 3 aromatic rings. The van der Waals surface area contributed by atoms with Crippen molar-refractivity contribution >= 4 is 17.8 Å². The summed E-state index contributed by atoms with van der Waals surface area (Å²) in [4.78, 5) is 30.3. The predicted octanol–water partition coefficient (Wildman–Crippen LogP) is 4.37. The number of alkyl halides is 3. The minimum Gasteiger partial charge on any atom is -0.440 e. The van der Waals surface area contributed by atoms with Crippen LogP contribution < -0.4 is 5.32 Å². The van der Waals surface area contributed by atoms with Crippen LogP contribution >= 0.6 is 0 Å². The number of anilines is 1. The molecule has 13 heteroatoms. The van der Waals surface area contributed by atoms with Crippen LogP contribution in [-0.2, 0) is 17.7 Å². The van der Waals surface area contributed by atoms with E-state index < -0.39 is 30.6 Å². The summed E-state index contributed by atoms with van der Waals surface area (Å²) < 4.78 is 57.9. The summed E-state index contributed by atoms with van der Waals surface area (Å²) in [5.74, 6) is -0.888. The Morgan fingerprint density at radius 3 is 2.69 bits per heavy atom. The number of hydrogen-bond acceptors (Lipinski definition) is 6. The summed E-state index contributed by atoms with van der Waals surface area (Å²) in [5, 5.41) is 10.5. The lowest BCUT2D eigenvalue weighted by Gasteiger charge is -2.28. The highest BCUT2D eigenvalue weighted by molar-refractivity contribution is 6.04. The van der Waals surface area contributed by atoms with Crippen molar-refractivity contribution in [1.29, 1.82) is 0 Å². The molecular weight excluding hydrogens is 484 g/mol. The Morgan fingerprint density at radius 2 is 1.97 bits per heavy atom. The first-order valence-electron chi connectivity index (χ1n) is 11.0. The molecule has 0 atom stereocenters. The smallest absolute Gasteiger partial charge is 0.422 e. The van der Waals surface area contributed by atoms with Crippen LogP contribution in [-0.4, -0.2) is 56.0 Å². The molecular formula is C23H22F4N6O3. The molecule has 0 saturated heterocycles. The zero-order chi connectivity index (χ0) is 26.0. The average molecular weight is 506 g/mol. The van der Waals surface area contributed by atoms with Crippen LogP contribution in [0, 0.1) is 5.82 Å². The molecule has 0 spiro atoms. The lowest BCUT2D eigenvalue weighted by Crippen LogP contribution is -2.38. The van der Waals surface area contributed by atoms with E-state index in [2.05, 4.69) is 25.2 Å². The van der Waals surface area contributed by atoms with Crippen molar-refractivity contribution in [2.75, 3.05) is 18.5 Å². The Morgan fingerprint density at radius 1 is 1.19 bits per heavy atom. The second-order valence-corrected chi connectivity index (χ2v) is 8.46. The number of carbonyl (C=O) groups is 2. The number of rotatable bonds is 5. The number of amides is 2. The van der Waals surface area contributed by atoms with Gasteiger partial charge in [0, 0.05) is 19.1 Å². The van der Waals surface area contributed by atoms with Gasteiger partial charge in [-0.3, -0.25) is 4.79 Å². The molecule has 9 nitrogen and oxygen atoms in total. The highest BCUT2D eigenvalue weighted by atomic mass is 19.4. The fraction of sp³-hybridized carbons (Fsp3) is 0.348. The fourth-order valence-corrected chi connectivity index (χ4v) is 3.76. The number of carbonyl (C=O) groups excluding carboxylic acids is 2. The van der Waals surface area contributed by atoms with Gasteiger partial charge in [-0.2, -0.15) is 13.2 Å². The number of pyridine rings is 1. The van der Waals surface area contributed by atoms with Gasteiger partial charge in [-0.1, -0.05) is 6.07 Å². The predicted molar refractivity (Wildman–Crippen MR) is 120 cm³/mol. The number of nitrogens with zero attached hydrogens (tertiary/aromatic N) is 5. The molecule has 0 aliphatic carbocycles. The molecule has 36 heavy (non-hydrogen) atoms. The average Bonchev–Trinajstić information content (AvgIpc) is 3.32. The summed E-state index contributed by atoms with van der Waals surface area (Å²) >= 11 is 0. The zero-order valence-electron chi connectivity index (χ0n) is 19.3. The maximum Gasteiger partial charge on any atom is 0.422 e. The molecule has 2 amide bonds. The molecule has 0 saturated carbocycles. The van der Waals surface area contributed by atoms with Crippen molar-refractivity contribution in [3.8, 4) is 11.5 Å². The van der Waals surface area contributed by atoms with E-state index in [4.69, 9.17) is 0 Å². The number of nitrogens with one attached hydrogen (secondary N) is 1. The van der Waals surface area contributed by atoms with E-state index in [1.54, 1.807) is 18.5 Å². The summed E-state index contributed by atoms with van der Waals surface area (Å²) in [6.45, 7) is 2.15. The topological polar surface area (TPSA) is 102 Å². The van der Waals surface area contributed by atoms with E-state index in [1.807, 2.05) is 18.4 Å². The molecule has 0 fully saturated rings. The number of benzene rings is 1. The second-order valence-electron chi connectivity index (χ2n) is 8.46. The van der Waals surface area contributed by atoms with Gasteiger partial charge in [0.25, 0.3) is 5.91 Å². The van der Waals surface area contributed by atoms with Crippen LogP contribution in [0.3, 0.4) is 0 Å². The van der Waals surface area contributed by atoms with Crippen molar-refractivity contribution in [3.05, 3.63) is 59.2 Å². The van der Waals surface area contributed by atoms with E-state index >= 15 is 0 Å². The van der Waals surface area contributed by atoms with Crippen LogP contribution in [0.2, 0.25) is 0 Å². The molecule has 2 aromatic heterocycles. The molecule has 3 heterocycles. The number of hydrogen-bond donors (Lipinski definition) is 1. The van der Waals surface area contributed by atoms with E-state index in [9.17, 15) is 27.2 Å². The third kappa shape index (κ3) is 5.61. The molecule has 0 unspecified atom stereocenters. The van der Waals surface area contributed by atoms with E-state index in [0.29, 0.717) is 22.6 Å². The van der Waals surface area contributed by atoms with E-state index in [-0.39, 0.29) is 36.9 Å². The normalized spacial score (nSPS) is 13.5. The summed E-state index contributed by atoms with van der Waals surface area (Å²) in [6.07, 6.45) is -4.01. The third-order valence-corrected chi connectivity index (χ3v) is 5.51. The molecule has 190 valence electrons. The minimum absolute atomic E-state index is 0.0619. The maximum atomic E-state index is 14.7. The largest absolute Gasteiger partial charge is 0.440 e. The van der Waals surface area contributed by atoms with Crippen molar-refractivity contribution in [2.45, 2.75) is 39.0 Å². The molecule has 4 rings (SSSR count). The van der Waals surface area contributed by atoms with Gasteiger partial charge < -0.3 is 19.5 Å². The number of ether oxygens (including phenoxy) is 1. The molecule has 0 bridgehead atoms. The molecule has 1 aliphatic rings. The van der Waals surface area contributed by atoms with E-state index in [1.165, 1.54) is 18.2 Å². The second kappa shape index (κ2) is 9.91. The van der Waals surface area contributed by atoms with Gasteiger partial charge in [-0.25, -0.2) is 14.2 Å². The van der Waals surface area contributed by atoms with Crippen LogP contribution in [0.15, 0.2) is 36.7 Å². The number of aromatic nitrogens is 4. The quantitative estimate of drug-likeness (QED) is 0.516. The Balaban J connectivity index is 1.51. The maximum absolute atomic E-state index is 14.7. The van der Waals surface area contributed by atoms with Gasteiger partial charge in [-0.05, 0) is 55.7 Å². The first-order valence-corrected chi connectivity index (χ1v) is 11.0. The Labute approximate surface area is 203 Å². The van der Waals surface area contributed by atoms with Gasteiger partial charge in [-0.15, -0.1) is 10.2 Å². The SMILES string of the molecule is CC(C)n1cnnc1-c1cccc(NC(=O)c2cc3c(cc2F)CCN(C(=O)OCC(F)(F)F)C3)n1. The zero-order valence-corrected chi connectivity index (χ0v) is 19.3. The van der Waals surface area contributed by atoms with Crippen LogP contribution in [0.5, 0.6) is 0 Å². The summed E-state index contributed by atoms with van der Waals surface area (Å²) in [7, 11) is 0. The summed E-state index contributed by atoms with van der Waals surface area (Å²) in [6, 6.07) is 7.44. The monoisotopic (exact) mass is 506 g/mol. The van der Waals surface area contributed by atoms with Gasteiger partial charge in [0.1, 0.15) is 23.7 Å². The minimum atomic E-state index is -4.65. The molecule has 0 radical (unpaired) electrons. The van der Waals surface area contributed by atoms with Crippen molar-refractivity contribution in [3.63, 3.8) is 0 Å². The van der Waals surface area contributed by atoms with Crippen LogP contribution in [0.1, 0.15) is 41.4 Å².